The zero-order valence-corrected chi connectivity index (χ0v) is 11.5. The lowest BCUT2D eigenvalue weighted by atomic mass is 9.67. The minimum Gasteiger partial charge on any atom is -0.298 e. The number of piperidine rings is 1. The molecule has 0 amide bonds. The number of likely N-dealkylation sites (tertiary alicyclic amines) is 1. The molecule has 0 saturated carbocycles. The second-order valence-corrected chi connectivity index (χ2v) is 6.19. The maximum atomic E-state index is 11.5. The molecule has 1 fully saturated rings. The summed E-state index contributed by atoms with van der Waals surface area (Å²) >= 11 is 0. The minimum atomic E-state index is 0.181. The molecule has 1 heterocycles. The van der Waals surface area contributed by atoms with E-state index < -0.39 is 0 Å². The van der Waals surface area contributed by atoms with Crippen LogP contribution in [0.2, 0.25) is 0 Å². The Kier molecular flexibility index (Phi) is 3.28. The lowest BCUT2D eigenvalue weighted by molar-refractivity contribution is -0.118. The maximum Gasteiger partial charge on any atom is 0.155 e. The Morgan fingerprint density at radius 3 is 2.89 bits per heavy atom. The van der Waals surface area contributed by atoms with E-state index in [9.17, 15) is 4.79 Å². The molecular formula is C17H21NO. The second-order valence-electron chi connectivity index (χ2n) is 6.19. The van der Waals surface area contributed by atoms with Gasteiger partial charge in [-0.3, -0.25) is 9.69 Å². The van der Waals surface area contributed by atoms with Gasteiger partial charge < -0.3 is 0 Å². The van der Waals surface area contributed by atoms with Crippen molar-refractivity contribution in [2.75, 3.05) is 13.1 Å². The number of ketones is 1. The monoisotopic (exact) mass is 255 g/mol. The van der Waals surface area contributed by atoms with Crippen LogP contribution in [0.25, 0.3) is 0 Å². The van der Waals surface area contributed by atoms with Gasteiger partial charge in [-0.05, 0) is 30.5 Å². The van der Waals surface area contributed by atoms with E-state index in [0.29, 0.717) is 11.7 Å². The smallest absolute Gasteiger partial charge is 0.155 e. The average Bonchev–Trinajstić information content (AvgIpc) is 2.41. The number of rotatable bonds is 2. The zero-order valence-electron chi connectivity index (χ0n) is 11.5. The van der Waals surface area contributed by atoms with Gasteiger partial charge in [-0.2, -0.15) is 0 Å². The van der Waals surface area contributed by atoms with Crippen molar-refractivity contribution >= 4 is 5.78 Å². The molecule has 1 aromatic rings. The van der Waals surface area contributed by atoms with Crippen LogP contribution in [0.15, 0.2) is 42.5 Å². The number of fused-ring (bicyclic) bond motifs is 1. The van der Waals surface area contributed by atoms with Crippen LogP contribution in [-0.4, -0.2) is 23.8 Å². The minimum absolute atomic E-state index is 0.181. The fourth-order valence-corrected chi connectivity index (χ4v) is 3.45. The lowest BCUT2D eigenvalue weighted by Gasteiger charge is -2.46. The first-order chi connectivity index (χ1) is 9.16. The summed E-state index contributed by atoms with van der Waals surface area (Å²) in [7, 11) is 0. The largest absolute Gasteiger partial charge is 0.298 e. The molecular weight excluding hydrogens is 234 g/mol. The van der Waals surface area contributed by atoms with Crippen molar-refractivity contribution in [3.8, 4) is 0 Å². The van der Waals surface area contributed by atoms with Crippen LogP contribution in [0.5, 0.6) is 0 Å². The maximum absolute atomic E-state index is 11.5. The molecule has 19 heavy (non-hydrogen) atoms. The van der Waals surface area contributed by atoms with E-state index in [0.717, 1.165) is 32.5 Å². The Morgan fingerprint density at radius 2 is 2.11 bits per heavy atom. The van der Waals surface area contributed by atoms with Crippen molar-refractivity contribution < 1.29 is 4.79 Å². The van der Waals surface area contributed by atoms with Crippen molar-refractivity contribution in [2.24, 2.45) is 11.3 Å². The molecule has 2 nitrogen and oxygen atoms in total. The molecule has 0 aromatic heterocycles. The van der Waals surface area contributed by atoms with Gasteiger partial charge >= 0.3 is 0 Å². The molecule has 0 N–H and O–H groups in total. The highest BCUT2D eigenvalue weighted by Crippen LogP contribution is 2.41. The van der Waals surface area contributed by atoms with Crippen molar-refractivity contribution in [3.05, 3.63) is 48.0 Å². The quantitative estimate of drug-likeness (QED) is 0.809. The van der Waals surface area contributed by atoms with Crippen molar-refractivity contribution in [1.82, 2.24) is 4.90 Å². The van der Waals surface area contributed by atoms with E-state index in [-0.39, 0.29) is 5.41 Å². The molecule has 2 atom stereocenters. The van der Waals surface area contributed by atoms with E-state index in [1.807, 2.05) is 0 Å². The Balaban J connectivity index is 1.71. The topological polar surface area (TPSA) is 20.3 Å². The van der Waals surface area contributed by atoms with Crippen molar-refractivity contribution in [1.29, 1.82) is 0 Å². The molecule has 1 aliphatic carbocycles. The SMILES string of the molecule is C[C@]12C=CC(=O)C[C@H]1CCN(Cc1ccccc1)C2. The third-order valence-electron chi connectivity index (χ3n) is 4.64. The van der Waals surface area contributed by atoms with Crippen LogP contribution in [-0.2, 0) is 11.3 Å². The summed E-state index contributed by atoms with van der Waals surface area (Å²) in [6.45, 7) is 5.50. The van der Waals surface area contributed by atoms with Crippen LogP contribution in [0.3, 0.4) is 0 Å². The highest BCUT2D eigenvalue weighted by atomic mass is 16.1. The van der Waals surface area contributed by atoms with Crippen molar-refractivity contribution in [2.45, 2.75) is 26.3 Å². The predicted octanol–water partition coefficient (Wildman–Crippen LogP) is 3.04. The summed E-state index contributed by atoms with van der Waals surface area (Å²) in [5.74, 6) is 0.844. The van der Waals surface area contributed by atoms with Crippen LogP contribution >= 0.6 is 0 Å². The van der Waals surface area contributed by atoms with Gasteiger partial charge in [0.25, 0.3) is 0 Å². The van der Waals surface area contributed by atoms with Crippen LogP contribution < -0.4 is 0 Å². The first kappa shape index (κ1) is 12.6. The predicted molar refractivity (Wildman–Crippen MR) is 76.7 cm³/mol. The molecule has 100 valence electrons. The number of nitrogens with zero attached hydrogens (tertiary/aromatic N) is 1. The van der Waals surface area contributed by atoms with Gasteiger partial charge in [0.2, 0.25) is 0 Å². The van der Waals surface area contributed by atoms with E-state index in [4.69, 9.17) is 0 Å². The van der Waals surface area contributed by atoms with Gasteiger partial charge in [-0.1, -0.05) is 43.3 Å². The van der Waals surface area contributed by atoms with Crippen LogP contribution in [0.1, 0.15) is 25.3 Å². The summed E-state index contributed by atoms with van der Waals surface area (Å²) in [5, 5.41) is 0. The standard InChI is InChI=1S/C17H21NO/c1-17-9-7-16(19)11-15(17)8-10-18(13-17)12-14-5-3-2-4-6-14/h2-7,9,15H,8,10-13H2,1H3/t15-,17-/m1/s1. The van der Waals surface area contributed by atoms with Crippen LogP contribution in [0.4, 0.5) is 0 Å². The number of hydrogen-bond acceptors (Lipinski definition) is 2. The summed E-state index contributed by atoms with van der Waals surface area (Å²) in [4.78, 5) is 14.1. The Morgan fingerprint density at radius 1 is 1.32 bits per heavy atom. The summed E-state index contributed by atoms with van der Waals surface area (Å²) in [5.41, 5.74) is 1.56. The molecule has 3 rings (SSSR count). The third kappa shape index (κ3) is 2.64. The Hall–Kier alpha value is -1.41. The second kappa shape index (κ2) is 4.93. The molecule has 0 unspecified atom stereocenters. The van der Waals surface area contributed by atoms with Gasteiger partial charge in [-0.25, -0.2) is 0 Å². The molecule has 2 aliphatic rings. The average molecular weight is 255 g/mol. The van der Waals surface area contributed by atoms with E-state index in [1.54, 1.807) is 6.08 Å². The van der Waals surface area contributed by atoms with Gasteiger partial charge in [0.1, 0.15) is 0 Å². The molecule has 1 saturated heterocycles. The van der Waals surface area contributed by atoms with Gasteiger partial charge in [0.15, 0.2) is 5.78 Å². The van der Waals surface area contributed by atoms with E-state index in [2.05, 4.69) is 48.2 Å². The molecule has 0 bridgehead atoms. The van der Waals surface area contributed by atoms with Gasteiger partial charge in [0, 0.05) is 24.9 Å². The third-order valence-corrected chi connectivity index (χ3v) is 4.64. The number of carbonyl (C=O) groups excluding carboxylic acids is 1. The Bertz CT molecular complexity index is 493. The summed E-state index contributed by atoms with van der Waals surface area (Å²) in [6, 6.07) is 10.6. The van der Waals surface area contributed by atoms with E-state index >= 15 is 0 Å². The molecule has 0 spiro atoms. The summed E-state index contributed by atoms with van der Waals surface area (Å²) < 4.78 is 0. The zero-order chi connectivity index (χ0) is 13.3. The highest BCUT2D eigenvalue weighted by molar-refractivity contribution is 5.91. The fraction of sp³-hybridized carbons (Fsp3) is 0.471. The number of benzene rings is 1. The normalized spacial score (nSPS) is 31.2. The first-order valence-electron chi connectivity index (χ1n) is 7.14. The fourth-order valence-electron chi connectivity index (χ4n) is 3.45. The number of hydrogen-bond donors (Lipinski definition) is 0. The van der Waals surface area contributed by atoms with Crippen molar-refractivity contribution in [3.63, 3.8) is 0 Å². The summed E-state index contributed by atoms with van der Waals surface area (Å²) in [6.07, 6.45) is 5.83. The molecule has 0 radical (unpaired) electrons. The number of allylic oxidation sites excluding steroid dienone is 1. The van der Waals surface area contributed by atoms with Gasteiger partial charge in [-0.15, -0.1) is 0 Å². The molecule has 1 aliphatic heterocycles. The van der Waals surface area contributed by atoms with Crippen LogP contribution in [0, 0.1) is 11.3 Å². The Labute approximate surface area is 115 Å². The highest BCUT2D eigenvalue weighted by Gasteiger charge is 2.40. The first-order valence-corrected chi connectivity index (χ1v) is 7.14. The molecule has 2 heteroatoms. The molecule has 1 aromatic carbocycles. The van der Waals surface area contributed by atoms with E-state index in [1.165, 1.54) is 5.56 Å². The van der Waals surface area contributed by atoms with Gasteiger partial charge in [0.05, 0.1) is 0 Å². The lowest BCUT2D eigenvalue weighted by Crippen LogP contribution is -2.47. The number of carbonyl (C=O) groups is 1.